The SMILES string of the molecule is COc1ccccc1C(C)N(C)C(=O)CCN1C(=O)c2ccccc2N2C(=O)CCC12C. The number of fused-ring (bicyclic) bond motifs is 3. The molecule has 0 N–H and O–H groups in total. The van der Waals surface area contributed by atoms with Crippen molar-refractivity contribution in [2.24, 2.45) is 0 Å². The molecule has 2 aromatic rings. The lowest BCUT2D eigenvalue weighted by molar-refractivity contribution is -0.132. The van der Waals surface area contributed by atoms with Crippen molar-refractivity contribution in [3.63, 3.8) is 0 Å². The van der Waals surface area contributed by atoms with Gasteiger partial charge in [-0.15, -0.1) is 0 Å². The van der Waals surface area contributed by atoms with Gasteiger partial charge in [-0.1, -0.05) is 30.3 Å². The molecule has 3 amide bonds. The van der Waals surface area contributed by atoms with Crippen LogP contribution in [0.25, 0.3) is 0 Å². The first-order valence-electron chi connectivity index (χ1n) is 10.9. The number of anilines is 1. The van der Waals surface area contributed by atoms with E-state index in [1.54, 1.807) is 41.0 Å². The summed E-state index contributed by atoms with van der Waals surface area (Å²) in [5, 5.41) is 0. The molecule has 0 aliphatic carbocycles. The van der Waals surface area contributed by atoms with Crippen LogP contribution in [0.5, 0.6) is 5.75 Å². The number of amides is 3. The van der Waals surface area contributed by atoms with Crippen LogP contribution in [0.3, 0.4) is 0 Å². The van der Waals surface area contributed by atoms with Crippen molar-refractivity contribution in [3.8, 4) is 5.75 Å². The third-order valence-corrected chi connectivity index (χ3v) is 6.86. The van der Waals surface area contributed by atoms with E-state index in [1.807, 2.05) is 50.2 Å². The molecule has 7 nitrogen and oxygen atoms in total. The van der Waals surface area contributed by atoms with Gasteiger partial charge in [0.2, 0.25) is 11.8 Å². The zero-order valence-electron chi connectivity index (χ0n) is 19.0. The van der Waals surface area contributed by atoms with E-state index in [0.29, 0.717) is 24.1 Å². The molecule has 168 valence electrons. The highest BCUT2D eigenvalue weighted by atomic mass is 16.5. The number of hydrogen-bond acceptors (Lipinski definition) is 4. The molecular weight excluding hydrogens is 406 g/mol. The molecule has 2 aromatic carbocycles. The minimum Gasteiger partial charge on any atom is -0.496 e. The predicted octanol–water partition coefficient (Wildman–Crippen LogP) is 3.60. The van der Waals surface area contributed by atoms with Gasteiger partial charge in [-0.05, 0) is 38.5 Å². The maximum atomic E-state index is 13.3. The first-order chi connectivity index (χ1) is 15.3. The Balaban J connectivity index is 1.53. The summed E-state index contributed by atoms with van der Waals surface area (Å²) in [7, 11) is 3.38. The average molecular weight is 436 g/mol. The molecule has 7 heteroatoms. The fourth-order valence-corrected chi connectivity index (χ4v) is 4.86. The fraction of sp³-hybridized carbons (Fsp3) is 0.400. The summed E-state index contributed by atoms with van der Waals surface area (Å²) in [6.45, 7) is 4.11. The van der Waals surface area contributed by atoms with Crippen LogP contribution in [0.15, 0.2) is 48.5 Å². The van der Waals surface area contributed by atoms with Crippen LogP contribution < -0.4 is 9.64 Å². The fourth-order valence-electron chi connectivity index (χ4n) is 4.86. The van der Waals surface area contributed by atoms with Crippen LogP contribution >= 0.6 is 0 Å². The summed E-state index contributed by atoms with van der Waals surface area (Å²) in [5.74, 6) is 0.526. The zero-order valence-corrected chi connectivity index (χ0v) is 19.0. The number of carbonyl (C=O) groups excluding carboxylic acids is 3. The van der Waals surface area contributed by atoms with E-state index < -0.39 is 5.66 Å². The third kappa shape index (κ3) is 3.42. The van der Waals surface area contributed by atoms with Crippen molar-refractivity contribution in [2.75, 3.05) is 25.6 Å². The number of para-hydroxylation sites is 2. The Labute approximate surface area is 188 Å². The van der Waals surface area contributed by atoms with Gasteiger partial charge in [0.15, 0.2) is 0 Å². The molecule has 1 saturated heterocycles. The molecule has 2 atom stereocenters. The van der Waals surface area contributed by atoms with Crippen LogP contribution in [0, 0.1) is 0 Å². The molecule has 2 aliphatic heterocycles. The second-order valence-corrected chi connectivity index (χ2v) is 8.59. The number of ether oxygens (including phenoxy) is 1. The second-order valence-electron chi connectivity index (χ2n) is 8.59. The van der Waals surface area contributed by atoms with E-state index >= 15 is 0 Å². The lowest BCUT2D eigenvalue weighted by Gasteiger charge is -2.48. The first-order valence-corrected chi connectivity index (χ1v) is 10.9. The summed E-state index contributed by atoms with van der Waals surface area (Å²) < 4.78 is 5.44. The Bertz CT molecular complexity index is 1070. The molecule has 0 aromatic heterocycles. The molecule has 2 unspecified atom stereocenters. The van der Waals surface area contributed by atoms with Gasteiger partial charge in [0.1, 0.15) is 11.4 Å². The van der Waals surface area contributed by atoms with Crippen molar-refractivity contribution in [3.05, 3.63) is 59.7 Å². The van der Waals surface area contributed by atoms with Crippen molar-refractivity contribution < 1.29 is 19.1 Å². The summed E-state index contributed by atoms with van der Waals surface area (Å²) >= 11 is 0. The molecule has 4 rings (SSSR count). The summed E-state index contributed by atoms with van der Waals surface area (Å²) in [5.41, 5.74) is 1.33. The average Bonchev–Trinajstić information content (AvgIpc) is 3.12. The Morgan fingerprint density at radius 2 is 1.84 bits per heavy atom. The highest BCUT2D eigenvalue weighted by molar-refractivity contribution is 6.10. The zero-order chi connectivity index (χ0) is 23.0. The number of benzene rings is 2. The maximum absolute atomic E-state index is 13.3. The van der Waals surface area contributed by atoms with Crippen molar-refractivity contribution in [1.82, 2.24) is 9.80 Å². The van der Waals surface area contributed by atoms with Gasteiger partial charge in [-0.25, -0.2) is 0 Å². The lowest BCUT2D eigenvalue weighted by Crippen LogP contribution is -2.62. The Morgan fingerprint density at radius 3 is 2.59 bits per heavy atom. The van der Waals surface area contributed by atoms with E-state index in [1.165, 1.54) is 0 Å². The van der Waals surface area contributed by atoms with E-state index in [2.05, 4.69) is 0 Å². The van der Waals surface area contributed by atoms with E-state index in [-0.39, 0.29) is 36.7 Å². The summed E-state index contributed by atoms with van der Waals surface area (Å²) in [6, 6.07) is 14.7. The molecule has 0 saturated carbocycles. The smallest absolute Gasteiger partial charge is 0.257 e. The number of carbonyl (C=O) groups is 3. The molecule has 0 bridgehead atoms. The van der Waals surface area contributed by atoms with E-state index in [0.717, 1.165) is 11.3 Å². The number of nitrogens with zero attached hydrogens (tertiary/aromatic N) is 3. The van der Waals surface area contributed by atoms with Crippen LogP contribution in [-0.2, 0) is 9.59 Å². The van der Waals surface area contributed by atoms with Gasteiger partial charge in [-0.2, -0.15) is 0 Å². The van der Waals surface area contributed by atoms with E-state index in [4.69, 9.17) is 4.74 Å². The standard InChI is InChI=1S/C25H29N3O4/c1-17(18-9-6-8-12-21(18)32-4)26(3)22(29)14-16-27-24(31)19-10-5-7-11-20(19)28-23(30)13-15-25(27,28)2/h5-12,17H,13-16H2,1-4H3. The van der Waals surface area contributed by atoms with Crippen molar-refractivity contribution in [1.29, 1.82) is 0 Å². The van der Waals surface area contributed by atoms with Gasteiger partial charge in [0, 0.05) is 32.0 Å². The van der Waals surface area contributed by atoms with Crippen molar-refractivity contribution >= 4 is 23.4 Å². The first kappa shape index (κ1) is 21.9. The molecule has 0 radical (unpaired) electrons. The minimum absolute atomic E-state index is 0.00527. The lowest BCUT2D eigenvalue weighted by atomic mass is 9.98. The number of methoxy groups -OCH3 is 1. The van der Waals surface area contributed by atoms with Gasteiger partial charge < -0.3 is 14.5 Å². The second kappa shape index (κ2) is 8.30. The molecular formula is C25H29N3O4. The molecule has 0 spiro atoms. The third-order valence-electron chi connectivity index (χ3n) is 6.86. The van der Waals surface area contributed by atoms with Gasteiger partial charge in [-0.3, -0.25) is 19.3 Å². The van der Waals surface area contributed by atoms with Crippen LogP contribution in [-0.4, -0.2) is 53.9 Å². The molecule has 1 fully saturated rings. The quantitative estimate of drug-likeness (QED) is 0.695. The van der Waals surface area contributed by atoms with Crippen LogP contribution in [0.4, 0.5) is 5.69 Å². The number of hydrogen-bond donors (Lipinski definition) is 0. The molecule has 2 aliphatic rings. The monoisotopic (exact) mass is 435 g/mol. The Hall–Kier alpha value is -3.35. The van der Waals surface area contributed by atoms with Crippen molar-refractivity contribution in [2.45, 2.75) is 44.8 Å². The highest BCUT2D eigenvalue weighted by Gasteiger charge is 2.52. The Morgan fingerprint density at radius 1 is 1.16 bits per heavy atom. The molecule has 2 heterocycles. The topological polar surface area (TPSA) is 70.2 Å². The van der Waals surface area contributed by atoms with Crippen LogP contribution in [0.2, 0.25) is 0 Å². The number of rotatable bonds is 6. The maximum Gasteiger partial charge on any atom is 0.257 e. The van der Waals surface area contributed by atoms with Gasteiger partial charge in [0.05, 0.1) is 24.4 Å². The largest absolute Gasteiger partial charge is 0.496 e. The van der Waals surface area contributed by atoms with E-state index in [9.17, 15) is 14.4 Å². The Kier molecular flexibility index (Phi) is 5.67. The summed E-state index contributed by atoms with van der Waals surface area (Å²) in [6.07, 6.45) is 1.10. The summed E-state index contributed by atoms with van der Waals surface area (Å²) in [4.78, 5) is 44.2. The predicted molar refractivity (Wildman–Crippen MR) is 121 cm³/mol. The minimum atomic E-state index is -0.754. The van der Waals surface area contributed by atoms with Gasteiger partial charge >= 0.3 is 0 Å². The van der Waals surface area contributed by atoms with Crippen LogP contribution in [0.1, 0.15) is 55.1 Å². The normalized spacial score (nSPS) is 20.6. The van der Waals surface area contributed by atoms with Gasteiger partial charge in [0.25, 0.3) is 5.91 Å². The molecule has 32 heavy (non-hydrogen) atoms. The highest BCUT2D eigenvalue weighted by Crippen LogP contribution is 2.44.